The first-order chi connectivity index (χ1) is 6.97. The van der Waals surface area contributed by atoms with E-state index < -0.39 is 12.1 Å². The summed E-state index contributed by atoms with van der Waals surface area (Å²) in [6, 6.07) is 0. The van der Waals surface area contributed by atoms with Crippen molar-refractivity contribution in [3.63, 3.8) is 0 Å². The first-order valence-electron chi connectivity index (χ1n) is 4.41. The van der Waals surface area contributed by atoms with Gasteiger partial charge in [0.05, 0.1) is 12.8 Å². The number of aryl methyl sites for hydroxylation is 2. The number of nitrogens with zero attached hydrogens (tertiary/aromatic N) is 2. The van der Waals surface area contributed by atoms with E-state index in [1.54, 1.807) is 14.0 Å². The molecule has 1 unspecified atom stereocenters. The number of hydrogen-bond donors (Lipinski definition) is 1. The zero-order valence-electron chi connectivity index (χ0n) is 8.82. The van der Waals surface area contributed by atoms with Crippen LogP contribution < -0.4 is 0 Å². The number of methoxy groups -OCH3 is 1. The summed E-state index contributed by atoms with van der Waals surface area (Å²) in [6.45, 7) is 1.77. The fourth-order valence-electron chi connectivity index (χ4n) is 1.32. The first-order valence-corrected chi connectivity index (χ1v) is 4.79. The molecule has 84 valence electrons. The molecule has 0 aliphatic rings. The average molecular weight is 233 g/mol. The van der Waals surface area contributed by atoms with Crippen LogP contribution in [0.25, 0.3) is 0 Å². The maximum Gasteiger partial charge on any atom is 0.335 e. The molecular formula is C9H13ClN2O3. The molecule has 5 nitrogen and oxygen atoms in total. The van der Waals surface area contributed by atoms with Crippen LogP contribution in [0, 0.1) is 6.92 Å². The largest absolute Gasteiger partial charge is 0.467 e. The van der Waals surface area contributed by atoms with Crippen LogP contribution in [0.5, 0.6) is 0 Å². The van der Waals surface area contributed by atoms with Crippen LogP contribution in [-0.4, -0.2) is 34.1 Å². The van der Waals surface area contributed by atoms with Crippen molar-refractivity contribution < 1.29 is 14.6 Å². The predicted molar refractivity (Wildman–Crippen MR) is 54.7 cm³/mol. The second kappa shape index (κ2) is 4.63. The Kier molecular flexibility index (Phi) is 3.71. The van der Waals surface area contributed by atoms with Crippen molar-refractivity contribution in [3.8, 4) is 0 Å². The fraction of sp³-hybridized carbons (Fsp3) is 0.556. The van der Waals surface area contributed by atoms with Gasteiger partial charge in [-0.15, -0.1) is 0 Å². The number of halogens is 1. The summed E-state index contributed by atoms with van der Waals surface area (Å²) in [5.41, 5.74) is 1.36. The molecule has 6 heteroatoms. The fourth-order valence-corrected chi connectivity index (χ4v) is 1.57. The third kappa shape index (κ3) is 2.49. The van der Waals surface area contributed by atoms with Gasteiger partial charge in [0.2, 0.25) is 0 Å². The van der Waals surface area contributed by atoms with Crippen LogP contribution in [0.4, 0.5) is 0 Å². The molecule has 1 aromatic heterocycles. The van der Waals surface area contributed by atoms with E-state index in [-0.39, 0.29) is 6.42 Å². The number of carbonyl (C=O) groups excluding carboxylic acids is 1. The summed E-state index contributed by atoms with van der Waals surface area (Å²) in [6.07, 6.45) is -1.08. The number of aromatic nitrogens is 2. The second-order valence-electron chi connectivity index (χ2n) is 3.22. The molecule has 0 saturated heterocycles. The predicted octanol–water partition coefficient (Wildman–Crippen LogP) is 0.458. The number of ether oxygens (including phenoxy) is 1. The van der Waals surface area contributed by atoms with E-state index in [9.17, 15) is 9.90 Å². The van der Waals surface area contributed by atoms with Crippen LogP contribution in [0.3, 0.4) is 0 Å². The Hall–Kier alpha value is -1.07. The molecule has 15 heavy (non-hydrogen) atoms. The van der Waals surface area contributed by atoms with E-state index in [0.29, 0.717) is 16.4 Å². The lowest BCUT2D eigenvalue weighted by Crippen LogP contribution is -2.24. The zero-order valence-corrected chi connectivity index (χ0v) is 9.58. The van der Waals surface area contributed by atoms with Crippen LogP contribution in [0.2, 0.25) is 5.15 Å². The van der Waals surface area contributed by atoms with E-state index in [4.69, 9.17) is 11.6 Å². The van der Waals surface area contributed by atoms with Crippen LogP contribution in [-0.2, 0) is 23.0 Å². The molecule has 0 fully saturated rings. The smallest absolute Gasteiger partial charge is 0.335 e. The lowest BCUT2D eigenvalue weighted by Gasteiger charge is -2.07. The van der Waals surface area contributed by atoms with Gasteiger partial charge in [-0.3, -0.25) is 4.68 Å². The van der Waals surface area contributed by atoms with Crippen molar-refractivity contribution in [2.45, 2.75) is 19.4 Å². The SMILES string of the molecule is COC(=O)C(O)Cc1c(C)nn(C)c1Cl. The summed E-state index contributed by atoms with van der Waals surface area (Å²) >= 11 is 5.94. The van der Waals surface area contributed by atoms with Gasteiger partial charge in [-0.05, 0) is 6.92 Å². The highest BCUT2D eigenvalue weighted by Crippen LogP contribution is 2.20. The normalized spacial score (nSPS) is 12.6. The number of hydrogen-bond acceptors (Lipinski definition) is 4. The van der Waals surface area contributed by atoms with Gasteiger partial charge in [-0.2, -0.15) is 5.10 Å². The van der Waals surface area contributed by atoms with Gasteiger partial charge in [-0.1, -0.05) is 11.6 Å². The van der Waals surface area contributed by atoms with E-state index >= 15 is 0 Å². The molecule has 0 aromatic carbocycles. The van der Waals surface area contributed by atoms with Crippen molar-refractivity contribution in [2.75, 3.05) is 7.11 Å². The summed E-state index contributed by atoms with van der Waals surface area (Å²) in [4.78, 5) is 11.0. The number of rotatable bonds is 3. The van der Waals surface area contributed by atoms with Crippen molar-refractivity contribution >= 4 is 17.6 Å². The molecule has 0 saturated carbocycles. The van der Waals surface area contributed by atoms with Gasteiger partial charge in [-0.25, -0.2) is 4.79 Å². The number of esters is 1. The van der Waals surface area contributed by atoms with Crippen LogP contribution in [0.15, 0.2) is 0 Å². The van der Waals surface area contributed by atoms with E-state index in [1.807, 2.05) is 0 Å². The molecule has 1 N–H and O–H groups in total. The molecule has 0 radical (unpaired) electrons. The minimum atomic E-state index is -1.20. The molecule has 1 rings (SSSR count). The summed E-state index contributed by atoms with van der Waals surface area (Å²) in [5.74, 6) is -0.672. The Balaban J connectivity index is 2.85. The summed E-state index contributed by atoms with van der Waals surface area (Å²) in [7, 11) is 2.92. The van der Waals surface area contributed by atoms with Crippen LogP contribution in [0.1, 0.15) is 11.3 Å². The molecule has 1 heterocycles. The Labute approximate surface area is 92.6 Å². The third-order valence-electron chi connectivity index (χ3n) is 2.14. The average Bonchev–Trinajstić information content (AvgIpc) is 2.43. The standard InChI is InChI=1S/C9H13ClN2O3/c1-5-6(8(10)12(2)11-5)4-7(13)9(14)15-3/h7,13H,4H2,1-3H3. The Morgan fingerprint density at radius 1 is 1.73 bits per heavy atom. The van der Waals surface area contributed by atoms with Gasteiger partial charge in [0.1, 0.15) is 5.15 Å². The van der Waals surface area contributed by atoms with E-state index in [2.05, 4.69) is 9.84 Å². The summed E-state index contributed by atoms with van der Waals surface area (Å²) < 4.78 is 5.91. The highest BCUT2D eigenvalue weighted by atomic mass is 35.5. The Morgan fingerprint density at radius 3 is 2.73 bits per heavy atom. The number of aliphatic hydroxyl groups excluding tert-OH is 1. The molecule has 0 spiro atoms. The molecular weight excluding hydrogens is 220 g/mol. The van der Waals surface area contributed by atoms with Crippen molar-refractivity contribution in [3.05, 3.63) is 16.4 Å². The molecule has 1 aromatic rings. The van der Waals surface area contributed by atoms with Gasteiger partial charge < -0.3 is 9.84 Å². The van der Waals surface area contributed by atoms with Crippen molar-refractivity contribution in [1.29, 1.82) is 0 Å². The number of carbonyl (C=O) groups is 1. The van der Waals surface area contributed by atoms with E-state index in [0.717, 1.165) is 0 Å². The minimum Gasteiger partial charge on any atom is -0.467 e. The second-order valence-corrected chi connectivity index (χ2v) is 3.58. The zero-order chi connectivity index (χ0) is 11.6. The highest BCUT2D eigenvalue weighted by molar-refractivity contribution is 6.30. The molecule has 0 bridgehead atoms. The maximum absolute atomic E-state index is 11.0. The molecule has 0 aliphatic carbocycles. The van der Waals surface area contributed by atoms with E-state index in [1.165, 1.54) is 11.8 Å². The van der Waals surface area contributed by atoms with Gasteiger partial charge in [0, 0.05) is 19.0 Å². The topological polar surface area (TPSA) is 64.3 Å². The molecule has 1 atom stereocenters. The first kappa shape index (κ1) is 12.0. The van der Waals surface area contributed by atoms with Gasteiger partial charge in [0.25, 0.3) is 0 Å². The van der Waals surface area contributed by atoms with Gasteiger partial charge in [0.15, 0.2) is 6.10 Å². The maximum atomic E-state index is 11.0. The van der Waals surface area contributed by atoms with Gasteiger partial charge >= 0.3 is 5.97 Å². The monoisotopic (exact) mass is 232 g/mol. The lowest BCUT2D eigenvalue weighted by atomic mass is 10.1. The quantitative estimate of drug-likeness (QED) is 0.769. The van der Waals surface area contributed by atoms with Crippen molar-refractivity contribution in [1.82, 2.24) is 9.78 Å². The molecule has 0 amide bonds. The minimum absolute atomic E-state index is 0.116. The highest BCUT2D eigenvalue weighted by Gasteiger charge is 2.21. The number of aliphatic hydroxyl groups is 1. The lowest BCUT2D eigenvalue weighted by molar-refractivity contribution is -0.150. The molecule has 0 aliphatic heterocycles. The third-order valence-corrected chi connectivity index (χ3v) is 2.61. The Morgan fingerprint density at radius 2 is 2.33 bits per heavy atom. The van der Waals surface area contributed by atoms with Crippen molar-refractivity contribution in [2.24, 2.45) is 7.05 Å². The summed E-state index contributed by atoms with van der Waals surface area (Å²) in [5, 5.41) is 14.0. The Bertz CT molecular complexity index is 376. The van der Waals surface area contributed by atoms with Crippen LogP contribution >= 0.6 is 11.6 Å².